The van der Waals surface area contributed by atoms with Crippen LogP contribution in [0.15, 0.2) is 116 Å². The van der Waals surface area contributed by atoms with E-state index in [0.717, 1.165) is 33.4 Å². The van der Waals surface area contributed by atoms with Gasteiger partial charge < -0.3 is 14.6 Å². The Morgan fingerprint density at radius 2 is 1.49 bits per heavy atom. The number of amides is 1. The van der Waals surface area contributed by atoms with Gasteiger partial charge in [-0.1, -0.05) is 109 Å². The number of benzene rings is 4. The maximum absolute atomic E-state index is 14.3. The summed E-state index contributed by atoms with van der Waals surface area (Å²) < 4.78 is 1.86. The van der Waals surface area contributed by atoms with Crippen molar-refractivity contribution in [2.75, 3.05) is 6.54 Å². The molecule has 0 fully saturated rings. The van der Waals surface area contributed by atoms with Crippen molar-refractivity contribution in [2.24, 2.45) is 0 Å². The number of fused-ring (bicyclic) bond motifs is 1. The number of aliphatic carboxylic acids is 1. The number of hydrogen-bond acceptors (Lipinski definition) is 6. The third kappa shape index (κ3) is 5.38. The third-order valence-corrected chi connectivity index (χ3v) is 8.28. The van der Waals surface area contributed by atoms with Gasteiger partial charge in [0.1, 0.15) is 0 Å². The molecular weight excluding hydrogens is 566 g/mol. The zero-order valence-corrected chi connectivity index (χ0v) is 24.2. The molecule has 1 amide bonds. The molecule has 3 heterocycles. The van der Waals surface area contributed by atoms with Gasteiger partial charge >= 0.3 is 5.97 Å². The van der Waals surface area contributed by atoms with Crippen LogP contribution in [0.5, 0.6) is 0 Å². The number of rotatable bonds is 8. The van der Waals surface area contributed by atoms with Gasteiger partial charge in [-0.25, -0.2) is 9.78 Å². The molecule has 0 saturated carbocycles. The minimum atomic E-state index is -1.17. The lowest BCUT2D eigenvalue weighted by Gasteiger charge is -2.36. The van der Waals surface area contributed by atoms with E-state index in [1.165, 1.54) is 4.90 Å². The maximum Gasteiger partial charge on any atom is 0.332 e. The first-order valence-electron chi connectivity index (χ1n) is 14.7. The number of nitrogens with one attached hydrogen (secondary N) is 1. The van der Waals surface area contributed by atoms with Crippen molar-refractivity contribution in [3.63, 3.8) is 0 Å². The van der Waals surface area contributed by atoms with Crippen molar-refractivity contribution in [3.05, 3.63) is 144 Å². The quantitative estimate of drug-likeness (QED) is 0.250. The number of nitrogens with zero attached hydrogens (tertiary/aromatic N) is 6. The SMILES string of the molecule is O=C(O)C1c2c(ncn2Cc2ccc(-c3ccccc3-c3nn[nH]n3)cc2)CCN1C(=O)C(c1ccccc1)c1ccccc1. The summed E-state index contributed by atoms with van der Waals surface area (Å²) in [5.74, 6) is -1.45. The van der Waals surface area contributed by atoms with Gasteiger partial charge in [0, 0.05) is 25.1 Å². The highest BCUT2D eigenvalue weighted by Gasteiger charge is 2.42. The summed E-state index contributed by atoms with van der Waals surface area (Å²) in [4.78, 5) is 33.3. The molecule has 1 unspecified atom stereocenters. The van der Waals surface area contributed by atoms with Gasteiger partial charge in [0.2, 0.25) is 11.7 Å². The first-order chi connectivity index (χ1) is 22.1. The standard InChI is InChI=1S/C35H29N7O3/c43-34(30(25-9-3-1-4-10-25)26-11-5-2-6-12-26)42-20-19-29-31(32(42)35(44)45)41(22-36-29)21-23-15-17-24(18-16-23)27-13-7-8-14-28(27)33-37-39-40-38-33/h1-18,22,30,32H,19-21H2,(H,44,45)(H,37,38,39,40). The van der Waals surface area contributed by atoms with Crippen LogP contribution >= 0.6 is 0 Å². The predicted molar refractivity (Wildman–Crippen MR) is 167 cm³/mol. The molecule has 1 aliphatic heterocycles. The Hall–Kier alpha value is -5.90. The van der Waals surface area contributed by atoms with E-state index in [1.807, 2.05) is 114 Å². The van der Waals surface area contributed by atoms with Gasteiger partial charge in [-0.2, -0.15) is 5.21 Å². The zero-order chi connectivity index (χ0) is 30.8. The van der Waals surface area contributed by atoms with Crippen molar-refractivity contribution in [1.82, 2.24) is 35.1 Å². The number of carboxylic acids is 1. The molecule has 10 nitrogen and oxygen atoms in total. The number of carbonyl (C=O) groups excluding carboxylic acids is 1. The number of aromatic nitrogens is 6. The second kappa shape index (κ2) is 12.0. The Bertz CT molecular complexity index is 1900. The van der Waals surface area contributed by atoms with Crippen molar-refractivity contribution in [3.8, 4) is 22.5 Å². The zero-order valence-electron chi connectivity index (χ0n) is 24.2. The van der Waals surface area contributed by atoms with Crippen molar-refractivity contribution < 1.29 is 14.7 Å². The summed E-state index contributed by atoms with van der Waals surface area (Å²) in [6.45, 7) is 0.673. The predicted octanol–water partition coefficient (Wildman–Crippen LogP) is 5.12. The van der Waals surface area contributed by atoms with Crippen molar-refractivity contribution >= 4 is 11.9 Å². The first kappa shape index (κ1) is 27.9. The number of imidazole rings is 1. The van der Waals surface area contributed by atoms with E-state index < -0.39 is 17.9 Å². The molecule has 6 aromatic rings. The molecule has 7 rings (SSSR count). The summed E-state index contributed by atoms with van der Waals surface area (Å²) in [7, 11) is 0. The molecule has 45 heavy (non-hydrogen) atoms. The van der Waals surface area contributed by atoms with Gasteiger partial charge in [-0.15, -0.1) is 10.2 Å². The fourth-order valence-corrected chi connectivity index (χ4v) is 6.18. The Labute approximate surface area is 259 Å². The minimum absolute atomic E-state index is 0.247. The largest absolute Gasteiger partial charge is 0.479 e. The lowest BCUT2D eigenvalue weighted by molar-refractivity contribution is -0.151. The molecule has 1 aliphatic rings. The molecule has 4 aromatic carbocycles. The normalized spacial score (nSPS) is 14.3. The summed E-state index contributed by atoms with van der Waals surface area (Å²) in [5, 5.41) is 25.0. The van der Waals surface area contributed by atoms with E-state index >= 15 is 0 Å². The molecule has 2 N–H and O–H groups in total. The molecule has 0 spiro atoms. The number of carboxylic acid groups (broad SMARTS) is 1. The number of carbonyl (C=O) groups is 2. The van der Waals surface area contributed by atoms with Crippen LogP contribution in [0.1, 0.15) is 40.0 Å². The van der Waals surface area contributed by atoms with Crippen LogP contribution in [0.3, 0.4) is 0 Å². The summed E-state index contributed by atoms with van der Waals surface area (Å²) in [6, 6.07) is 33.8. The lowest BCUT2D eigenvalue weighted by atomic mass is 9.88. The van der Waals surface area contributed by atoms with Crippen molar-refractivity contribution in [1.29, 1.82) is 0 Å². The maximum atomic E-state index is 14.3. The van der Waals surface area contributed by atoms with Crippen LogP contribution in [-0.2, 0) is 22.6 Å². The van der Waals surface area contributed by atoms with Gasteiger partial charge in [0.25, 0.3) is 0 Å². The topological polar surface area (TPSA) is 130 Å². The fraction of sp³-hybridized carbons (Fsp3) is 0.143. The summed E-state index contributed by atoms with van der Waals surface area (Å²) in [6.07, 6.45) is 2.15. The van der Waals surface area contributed by atoms with E-state index in [9.17, 15) is 14.7 Å². The average molecular weight is 596 g/mol. The fourth-order valence-electron chi connectivity index (χ4n) is 6.18. The van der Waals surface area contributed by atoms with E-state index in [-0.39, 0.29) is 12.5 Å². The van der Waals surface area contributed by atoms with Gasteiger partial charge in [0.15, 0.2) is 6.04 Å². The molecule has 0 saturated heterocycles. The Balaban J connectivity index is 1.19. The number of hydrogen-bond donors (Lipinski definition) is 2. The molecule has 222 valence electrons. The van der Waals surface area contributed by atoms with E-state index in [1.54, 1.807) is 6.33 Å². The van der Waals surface area contributed by atoms with Crippen LogP contribution in [0.4, 0.5) is 0 Å². The summed E-state index contributed by atoms with van der Waals surface area (Å²) in [5.41, 5.74) is 6.66. The summed E-state index contributed by atoms with van der Waals surface area (Å²) >= 11 is 0. The Morgan fingerprint density at radius 3 is 2.11 bits per heavy atom. The van der Waals surface area contributed by atoms with E-state index in [2.05, 4.69) is 25.6 Å². The Kier molecular flexibility index (Phi) is 7.44. The smallest absolute Gasteiger partial charge is 0.332 e. The molecule has 1 atom stereocenters. The van der Waals surface area contributed by atoms with Gasteiger partial charge in [-0.05, 0) is 33.0 Å². The average Bonchev–Trinajstić information content (AvgIpc) is 3.77. The van der Waals surface area contributed by atoms with Gasteiger partial charge in [-0.3, -0.25) is 4.79 Å². The molecular formula is C35H29N7O3. The van der Waals surface area contributed by atoms with Crippen LogP contribution in [-0.4, -0.2) is 58.6 Å². The molecule has 2 aromatic heterocycles. The second-order valence-electron chi connectivity index (χ2n) is 11.0. The molecule has 10 heteroatoms. The first-order valence-corrected chi connectivity index (χ1v) is 14.7. The second-order valence-corrected chi connectivity index (χ2v) is 11.0. The molecule has 0 aliphatic carbocycles. The van der Waals surface area contributed by atoms with Crippen LogP contribution in [0.2, 0.25) is 0 Å². The highest BCUT2D eigenvalue weighted by atomic mass is 16.4. The highest BCUT2D eigenvalue weighted by molar-refractivity contribution is 5.91. The van der Waals surface area contributed by atoms with Crippen molar-refractivity contribution in [2.45, 2.75) is 24.9 Å². The lowest BCUT2D eigenvalue weighted by Crippen LogP contribution is -2.46. The minimum Gasteiger partial charge on any atom is -0.479 e. The van der Waals surface area contributed by atoms with E-state index in [4.69, 9.17) is 0 Å². The van der Waals surface area contributed by atoms with Gasteiger partial charge in [0.05, 0.1) is 23.6 Å². The number of aromatic amines is 1. The van der Waals surface area contributed by atoms with Crippen LogP contribution in [0, 0.1) is 0 Å². The molecule has 0 bridgehead atoms. The third-order valence-electron chi connectivity index (χ3n) is 8.28. The Morgan fingerprint density at radius 1 is 0.844 bits per heavy atom. The monoisotopic (exact) mass is 595 g/mol. The molecule has 0 radical (unpaired) electrons. The number of H-pyrrole nitrogens is 1. The van der Waals surface area contributed by atoms with Crippen LogP contribution in [0.25, 0.3) is 22.5 Å². The number of tetrazole rings is 1. The highest BCUT2D eigenvalue weighted by Crippen LogP contribution is 2.36. The van der Waals surface area contributed by atoms with E-state index in [0.29, 0.717) is 30.2 Å². The van der Waals surface area contributed by atoms with Crippen LogP contribution < -0.4 is 0 Å².